The fourth-order valence-electron chi connectivity index (χ4n) is 4.60. The third-order valence-corrected chi connectivity index (χ3v) is 8.60. The van der Waals surface area contributed by atoms with Crippen molar-refractivity contribution in [1.29, 1.82) is 5.41 Å². The van der Waals surface area contributed by atoms with Gasteiger partial charge in [0, 0.05) is 10.9 Å². The highest BCUT2D eigenvalue weighted by molar-refractivity contribution is 14.1. The third-order valence-electron chi connectivity index (χ3n) is 6.48. The highest BCUT2D eigenvalue weighted by Gasteiger charge is 2.38. The lowest BCUT2D eigenvalue weighted by Crippen LogP contribution is -2.35. The molecule has 8 nitrogen and oxygen atoms in total. The second-order valence-corrected chi connectivity index (χ2v) is 11.8. The minimum Gasteiger partial charge on any atom is -0.490 e. The van der Waals surface area contributed by atoms with Crippen molar-refractivity contribution in [3.8, 4) is 17.2 Å². The van der Waals surface area contributed by atoms with E-state index in [1.54, 1.807) is 30.3 Å². The van der Waals surface area contributed by atoms with Gasteiger partial charge >= 0.3 is 0 Å². The Hall–Kier alpha value is -2.57. The first kappa shape index (κ1) is 28.0. The van der Waals surface area contributed by atoms with Gasteiger partial charge in [0.05, 0.1) is 15.8 Å². The van der Waals surface area contributed by atoms with E-state index in [0.29, 0.717) is 58.7 Å². The first-order valence-corrected chi connectivity index (χ1v) is 15.2. The molecule has 1 aliphatic carbocycles. The van der Waals surface area contributed by atoms with Crippen molar-refractivity contribution < 1.29 is 19.0 Å². The maximum atomic E-state index is 12.9. The van der Waals surface area contributed by atoms with Crippen molar-refractivity contribution in [2.24, 2.45) is 16.0 Å². The monoisotopic (exact) mass is 678 g/mol. The van der Waals surface area contributed by atoms with Gasteiger partial charge in [-0.25, -0.2) is 0 Å². The number of amides is 1. The summed E-state index contributed by atoms with van der Waals surface area (Å²) in [6.45, 7) is 3.00. The van der Waals surface area contributed by atoms with Crippen LogP contribution < -0.4 is 14.2 Å². The molecule has 0 aromatic heterocycles. The van der Waals surface area contributed by atoms with Gasteiger partial charge in [0.2, 0.25) is 5.17 Å². The molecule has 1 fully saturated rings. The normalized spacial score (nSPS) is 18.6. The molecule has 0 saturated heterocycles. The molecule has 0 unspecified atom stereocenters. The van der Waals surface area contributed by atoms with E-state index in [1.807, 2.05) is 19.1 Å². The van der Waals surface area contributed by atoms with E-state index in [2.05, 4.69) is 32.7 Å². The molecule has 2 aromatic carbocycles. The maximum Gasteiger partial charge on any atom is 0.283 e. The van der Waals surface area contributed by atoms with Crippen LogP contribution in [0.25, 0.3) is 6.08 Å². The molecule has 39 heavy (non-hydrogen) atoms. The Balaban J connectivity index is 1.31. The highest BCUT2D eigenvalue weighted by atomic mass is 127. The molecule has 204 valence electrons. The standard InChI is InChI=1S/C28H28ClIN4O4S/c1-2-36-23-16-17(15-22(30)24(23)38-13-12-37-20-10-8-19(29)9-11-20)14-21-25(31)34-28(32-26(21)35)39-27(33-34)18-6-4-3-5-7-18/h8-11,14-16,18,31H,2-7,12-13H2,1H3/b21-14-,31-25?. The predicted octanol–water partition coefficient (Wildman–Crippen LogP) is 7.00. The summed E-state index contributed by atoms with van der Waals surface area (Å²) < 4.78 is 18.4. The Labute approximate surface area is 250 Å². The summed E-state index contributed by atoms with van der Waals surface area (Å²) in [5.74, 6) is 1.84. The predicted molar refractivity (Wildman–Crippen MR) is 164 cm³/mol. The average molecular weight is 679 g/mol. The molecule has 0 atom stereocenters. The van der Waals surface area contributed by atoms with Crippen LogP contribution in [0.1, 0.15) is 44.6 Å². The zero-order valence-electron chi connectivity index (χ0n) is 21.4. The van der Waals surface area contributed by atoms with E-state index >= 15 is 0 Å². The molecular formula is C28H28ClIN4O4S. The van der Waals surface area contributed by atoms with Gasteiger partial charge in [-0.1, -0.05) is 30.9 Å². The Kier molecular flexibility index (Phi) is 9.13. The Morgan fingerprint density at radius 2 is 1.87 bits per heavy atom. The number of amidine groups is 2. The van der Waals surface area contributed by atoms with Crippen LogP contribution >= 0.6 is 46.0 Å². The molecule has 0 radical (unpaired) electrons. The lowest BCUT2D eigenvalue weighted by atomic mass is 9.90. The number of nitrogens with one attached hydrogen (secondary N) is 1. The summed E-state index contributed by atoms with van der Waals surface area (Å²) in [6.07, 6.45) is 7.49. The summed E-state index contributed by atoms with van der Waals surface area (Å²) in [4.78, 5) is 17.2. The van der Waals surface area contributed by atoms with E-state index in [-0.39, 0.29) is 11.4 Å². The van der Waals surface area contributed by atoms with Crippen LogP contribution in [-0.4, -0.2) is 46.8 Å². The lowest BCUT2D eigenvalue weighted by Gasteiger charge is -2.20. The van der Waals surface area contributed by atoms with Crippen LogP contribution in [0.5, 0.6) is 17.2 Å². The summed E-state index contributed by atoms with van der Waals surface area (Å²) in [5.41, 5.74) is 0.902. The van der Waals surface area contributed by atoms with Crippen LogP contribution in [0.3, 0.4) is 0 Å². The van der Waals surface area contributed by atoms with Crippen LogP contribution in [-0.2, 0) is 4.79 Å². The minimum atomic E-state index is -0.438. The maximum absolute atomic E-state index is 12.9. The number of hydrogen-bond acceptors (Lipinski definition) is 7. The number of ether oxygens (including phenoxy) is 3. The average Bonchev–Trinajstić information content (AvgIpc) is 3.36. The third kappa shape index (κ3) is 6.60. The topological polar surface area (TPSA) is 96.6 Å². The number of hydrogen-bond donors (Lipinski definition) is 1. The van der Waals surface area contributed by atoms with E-state index in [4.69, 9.17) is 31.2 Å². The number of carbonyl (C=O) groups is 1. The fourth-order valence-corrected chi connectivity index (χ4v) is 6.56. The highest BCUT2D eigenvalue weighted by Crippen LogP contribution is 2.38. The Morgan fingerprint density at radius 3 is 2.62 bits per heavy atom. The largest absolute Gasteiger partial charge is 0.490 e. The number of benzene rings is 2. The van der Waals surface area contributed by atoms with Crippen molar-refractivity contribution in [2.45, 2.75) is 39.0 Å². The Bertz CT molecular complexity index is 1360. The molecule has 2 heterocycles. The molecule has 1 amide bonds. The number of halogens is 2. The fraction of sp³-hybridized carbons (Fsp3) is 0.357. The first-order valence-electron chi connectivity index (χ1n) is 12.9. The Morgan fingerprint density at radius 1 is 1.13 bits per heavy atom. The van der Waals surface area contributed by atoms with Gasteiger partial charge in [-0.3, -0.25) is 10.2 Å². The van der Waals surface area contributed by atoms with Crippen molar-refractivity contribution in [3.05, 3.63) is 56.1 Å². The summed E-state index contributed by atoms with van der Waals surface area (Å²) in [5, 5.41) is 17.0. The number of aliphatic imine (C=N–C) groups is 1. The van der Waals surface area contributed by atoms with E-state index < -0.39 is 5.91 Å². The zero-order chi connectivity index (χ0) is 27.4. The lowest BCUT2D eigenvalue weighted by molar-refractivity contribution is -0.114. The van der Waals surface area contributed by atoms with Crippen molar-refractivity contribution in [2.75, 3.05) is 19.8 Å². The molecule has 1 saturated carbocycles. The van der Waals surface area contributed by atoms with Gasteiger partial charge in [0.1, 0.15) is 24.0 Å². The summed E-state index contributed by atoms with van der Waals surface area (Å²) >= 11 is 9.53. The molecule has 2 aliphatic heterocycles. The molecule has 2 aromatic rings. The van der Waals surface area contributed by atoms with Gasteiger partial charge in [0.25, 0.3) is 5.91 Å². The van der Waals surface area contributed by atoms with Crippen LogP contribution in [0.15, 0.2) is 52.1 Å². The number of thioether (sulfide) groups is 1. The molecule has 0 spiro atoms. The van der Waals surface area contributed by atoms with Crippen molar-refractivity contribution in [1.82, 2.24) is 5.01 Å². The van der Waals surface area contributed by atoms with Gasteiger partial charge in [-0.05, 0) is 102 Å². The second kappa shape index (κ2) is 12.7. The molecule has 11 heteroatoms. The van der Waals surface area contributed by atoms with E-state index in [0.717, 1.165) is 21.5 Å². The number of carbonyl (C=O) groups excluding carboxylic acids is 1. The summed E-state index contributed by atoms with van der Waals surface area (Å²) in [6, 6.07) is 10.9. The molecule has 5 rings (SSSR count). The smallest absolute Gasteiger partial charge is 0.283 e. The van der Waals surface area contributed by atoms with Crippen molar-refractivity contribution in [3.63, 3.8) is 0 Å². The number of hydrazone groups is 1. The van der Waals surface area contributed by atoms with Crippen LogP contribution in [0.2, 0.25) is 5.02 Å². The molecule has 3 aliphatic rings. The number of rotatable bonds is 9. The van der Waals surface area contributed by atoms with Gasteiger partial charge in [0.15, 0.2) is 17.3 Å². The molecule has 0 bridgehead atoms. The van der Waals surface area contributed by atoms with Crippen LogP contribution in [0.4, 0.5) is 0 Å². The van der Waals surface area contributed by atoms with Gasteiger partial charge in [-0.2, -0.15) is 15.1 Å². The number of nitrogens with zero attached hydrogens (tertiary/aromatic N) is 3. The number of fused-ring (bicyclic) bond motifs is 1. The summed E-state index contributed by atoms with van der Waals surface area (Å²) in [7, 11) is 0. The van der Waals surface area contributed by atoms with Gasteiger partial charge in [-0.15, -0.1) is 0 Å². The quantitative estimate of drug-likeness (QED) is 0.174. The zero-order valence-corrected chi connectivity index (χ0v) is 25.1. The SMILES string of the molecule is CCOc1cc(/C=C2/C(=N)N3N=C(C4CCCCC4)SC3=NC2=O)cc(I)c1OCCOc1ccc(Cl)cc1. The van der Waals surface area contributed by atoms with Gasteiger partial charge < -0.3 is 14.2 Å². The second-order valence-electron chi connectivity index (χ2n) is 9.21. The van der Waals surface area contributed by atoms with Crippen LogP contribution in [0, 0.1) is 14.9 Å². The molecule has 1 N–H and O–H groups in total. The van der Waals surface area contributed by atoms with Crippen molar-refractivity contribution >= 4 is 74.0 Å². The van der Waals surface area contributed by atoms with E-state index in [1.165, 1.54) is 36.0 Å². The van der Waals surface area contributed by atoms with E-state index in [9.17, 15) is 4.79 Å². The molecular weight excluding hydrogens is 651 g/mol. The first-order chi connectivity index (χ1) is 18.9. The minimum absolute atomic E-state index is 0.0379.